The number of aryl methyl sites for hydroxylation is 1. The molecule has 162 valence electrons. The van der Waals surface area contributed by atoms with E-state index in [4.69, 9.17) is 14.2 Å². The largest absolute Gasteiger partial charge is 0.497 e. The van der Waals surface area contributed by atoms with Crippen LogP contribution in [0.2, 0.25) is 0 Å². The van der Waals surface area contributed by atoms with Crippen LogP contribution in [0.15, 0.2) is 60.7 Å². The summed E-state index contributed by atoms with van der Waals surface area (Å²) in [5.74, 6) is 1.85. The lowest BCUT2D eigenvalue weighted by molar-refractivity contribution is 0.0761. The zero-order chi connectivity index (χ0) is 22.2. The highest BCUT2D eigenvalue weighted by atomic mass is 16.5. The molecule has 1 heterocycles. The molecular weight excluding hydrogens is 392 g/mol. The highest BCUT2D eigenvalue weighted by Gasteiger charge is 2.13. The number of nitrogens with zero attached hydrogens (tertiary/aromatic N) is 1. The first-order valence-corrected chi connectivity index (χ1v) is 10.3. The summed E-state index contributed by atoms with van der Waals surface area (Å²) in [4.78, 5) is 17.4. The molecule has 1 unspecified atom stereocenters. The molecule has 2 aromatic carbocycles. The van der Waals surface area contributed by atoms with E-state index in [0.29, 0.717) is 41.5 Å². The second-order valence-corrected chi connectivity index (χ2v) is 7.17. The van der Waals surface area contributed by atoms with Crippen molar-refractivity contribution in [3.63, 3.8) is 0 Å². The third-order valence-electron chi connectivity index (χ3n) is 4.72. The third kappa shape index (κ3) is 6.30. The Bertz CT molecular complexity index is 1020. The number of benzene rings is 2. The quantitative estimate of drug-likeness (QED) is 0.501. The van der Waals surface area contributed by atoms with Gasteiger partial charge in [-0.25, -0.2) is 0 Å². The molecule has 6 nitrogen and oxygen atoms in total. The van der Waals surface area contributed by atoms with E-state index in [0.717, 1.165) is 11.4 Å². The average molecular weight is 421 g/mol. The zero-order valence-corrected chi connectivity index (χ0v) is 18.3. The van der Waals surface area contributed by atoms with Gasteiger partial charge in [0.2, 0.25) is 0 Å². The number of rotatable bonds is 9. The Morgan fingerprint density at radius 2 is 1.77 bits per heavy atom. The Morgan fingerprint density at radius 3 is 2.45 bits per heavy atom. The number of anilines is 1. The van der Waals surface area contributed by atoms with Gasteiger partial charge in [-0.15, -0.1) is 0 Å². The maximum Gasteiger partial charge on any atom is 0.257 e. The van der Waals surface area contributed by atoms with E-state index in [1.807, 2.05) is 75.4 Å². The van der Waals surface area contributed by atoms with Crippen LogP contribution in [0.3, 0.4) is 0 Å². The molecule has 3 rings (SSSR count). The normalized spacial score (nSPS) is 11.6. The molecule has 3 aromatic rings. The molecule has 0 radical (unpaired) electrons. The summed E-state index contributed by atoms with van der Waals surface area (Å²) in [5.41, 5.74) is 2.77. The number of nitrogens with one attached hydrogen (secondary N) is 1. The van der Waals surface area contributed by atoms with Crippen LogP contribution in [-0.4, -0.2) is 30.7 Å². The summed E-state index contributed by atoms with van der Waals surface area (Å²) in [6.07, 6.45) is 0.798. The first-order valence-electron chi connectivity index (χ1n) is 10.3. The van der Waals surface area contributed by atoms with E-state index < -0.39 is 0 Å². The Labute approximate surface area is 183 Å². The molecule has 1 N–H and O–H groups in total. The SMILES string of the molecule is CCOC(C)Cc1ccc(C(=O)Nc2cccc(Oc3ccc(OC)cc3)c2)c(C)n1. The molecule has 0 saturated heterocycles. The molecule has 0 saturated carbocycles. The van der Waals surface area contributed by atoms with Gasteiger partial charge in [0.25, 0.3) is 5.91 Å². The standard InChI is InChI=1S/C25H28N2O4/c1-5-30-17(2)15-20-9-14-24(18(3)26-20)25(28)27-19-7-6-8-23(16-19)31-22-12-10-21(29-4)11-13-22/h6-14,16-17H,5,15H2,1-4H3,(H,27,28). The number of amides is 1. The first kappa shape index (κ1) is 22.3. The topological polar surface area (TPSA) is 69.7 Å². The highest BCUT2D eigenvalue weighted by Crippen LogP contribution is 2.26. The first-order chi connectivity index (χ1) is 15.0. The highest BCUT2D eigenvalue weighted by molar-refractivity contribution is 6.05. The van der Waals surface area contributed by atoms with Crippen LogP contribution in [-0.2, 0) is 11.2 Å². The minimum Gasteiger partial charge on any atom is -0.497 e. The molecule has 31 heavy (non-hydrogen) atoms. The molecule has 0 aliphatic carbocycles. The summed E-state index contributed by atoms with van der Waals surface area (Å²) in [7, 11) is 1.62. The fourth-order valence-electron chi connectivity index (χ4n) is 3.22. The van der Waals surface area contributed by atoms with Gasteiger partial charge in [0.15, 0.2) is 0 Å². The fourth-order valence-corrected chi connectivity index (χ4v) is 3.22. The van der Waals surface area contributed by atoms with Gasteiger partial charge in [-0.05, 0) is 69.3 Å². The van der Waals surface area contributed by atoms with Crippen molar-refractivity contribution in [1.29, 1.82) is 0 Å². The van der Waals surface area contributed by atoms with E-state index in [1.165, 1.54) is 0 Å². The Hall–Kier alpha value is -3.38. The number of hydrogen-bond acceptors (Lipinski definition) is 5. The fraction of sp³-hybridized carbons (Fsp3) is 0.280. The van der Waals surface area contributed by atoms with Gasteiger partial charge in [0, 0.05) is 30.5 Å². The van der Waals surface area contributed by atoms with Crippen LogP contribution in [0.5, 0.6) is 17.2 Å². The van der Waals surface area contributed by atoms with E-state index in [1.54, 1.807) is 13.2 Å². The van der Waals surface area contributed by atoms with E-state index in [9.17, 15) is 4.79 Å². The summed E-state index contributed by atoms with van der Waals surface area (Å²) < 4.78 is 16.6. The van der Waals surface area contributed by atoms with Crippen molar-refractivity contribution in [1.82, 2.24) is 4.98 Å². The van der Waals surface area contributed by atoms with Crippen molar-refractivity contribution in [2.24, 2.45) is 0 Å². The predicted molar refractivity (Wildman–Crippen MR) is 121 cm³/mol. The van der Waals surface area contributed by atoms with Crippen molar-refractivity contribution in [2.45, 2.75) is 33.3 Å². The van der Waals surface area contributed by atoms with Gasteiger partial charge in [-0.3, -0.25) is 9.78 Å². The minimum atomic E-state index is -0.212. The summed E-state index contributed by atoms with van der Waals surface area (Å²) in [5, 5.41) is 2.92. The van der Waals surface area contributed by atoms with Crippen molar-refractivity contribution in [3.8, 4) is 17.2 Å². The van der Waals surface area contributed by atoms with Crippen LogP contribution < -0.4 is 14.8 Å². The predicted octanol–water partition coefficient (Wildman–Crippen LogP) is 5.41. The number of carbonyl (C=O) groups excluding carboxylic acids is 1. The summed E-state index contributed by atoms with van der Waals surface area (Å²) >= 11 is 0. The second kappa shape index (κ2) is 10.6. The number of methoxy groups -OCH3 is 1. The Kier molecular flexibility index (Phi) is 7.62. The van der Waals surface area contributed by atoms with Gasteiger partial charge in [-0.2, -0.15) is 0 Å². The van der Waals surface area contributed by atoms with Crippen LogP contribution in [0.25, 0.3) is 0 Å². The molecule has 1 aromatic heterocycles. The molecule has 0 aliphatic heterocycles. The van der Waals surface area contributed by atoms with Crippen molar-refractivity contribution >= 4 is 11.6 Å². The Morgan fingerprint density at radius 1 is 1.03 bits per heavy atom. The van der Waals surface area contributed by atoms with Crippen LogP contribution >= 0.6 is 0 Å². The maximum atomic E-state index is 12.8. The van der Waals surface area contributed by atoms with Crippen molar-refractivity contribution < 1.29 is 19.0 Å². The molecule has 1 amide bonds. The smallest absolute Gasteiger partial charge is 0.257 e. The number of carbonyl (C=O) groups is 1. The van der Waals surface area contributed by atoms with Crippen LogP contribution in [0, 0.1) is 6.92 Å². The number of ether oxygens (including phenoxy) is 3. The monoisotopic (exact) mass is 420 g/mol. The zero-order valence-electron chi connectivity index (χ0n) is 18.3. The third-order valence-corrected chi connectivity index (χ3v) is 4.72. The van der Waals surface area contributed by atoms with E-state index in [2.05, 4.69) is 10.3 Å². The van der Waals surface area contributed by atoms with Gasteiger partial charge in [-0.1, -0.05) is 6.07 Å². The average Bonchev–Trinajstić information content (AvgIpc) is 2.74. The number of pyridine rings is 1. The van der Waals surface area contributed by atoms with Crippen LogP contribution in [0.1, 0.15) is 35.6 Å². The summed E-state index contributed by atoms with van der Waals surface area (Å²) in [6.45, 7) is 6.50. The molecule has 1 atom stereocenters. The maximum absolute atomic E-state index is 12.8. The minimum absolute atomic E-state index is 0.0880. The van der Waals surface area contributed by atoms with Gasteiger partial charge in [0.05, 0.1) is 24.5 Å². The van der Waals surface area contributed by atoms with Gasteiger partial charge < -0.3 is 19.5 Å². The lowest BCUT2D eigenvalue weighted by atomic mass is 10.1. The molecule has 0 fully saturated rings. The lowest BCUT2D eigenvalue weighted by Gasteiger charge is -2.13. The molecule has 6 heteroatoms. The summed E-state index contributed by atoms with van der Waals surface area (Å²) in [6, 6.07) is 18.3. The van der Waals surface area contributed by atoms with E-state index in [-0.39, 0.29) is 12.0 Å². The number of aromatic nitrogens is 1. The second-order valence-electron chi connectivity index (χ2n) is 7.17. The molecule has 0 aliphatic rings. The molecule has 0 bridgehead atoms. The lowest BCUT2D eigenvalue weighted by Crippen LogP contribution is -2.16. The molecule has 0 spiro atoms. The Balaban J connectivity index is 1.66. The van der Waals surface area contributed by atoms with Gasteiger partial charge >= 0.3 is 0 Å². The number of hydrogen-bond donors (Lipinski definition) is 1. The molecular formula is C25H28N2O4. The van der Waals surface area contributed by atoms with Crippen LogP contribution in [0.4, 0.5) is 5.69 Å². The van der Waals surface area contributed by atoms with E-state index >= 15 is 0 Å². The van der Waals surface area contributed by atoms with Gasteiger partial charge in [0.1, 0.15) is 17.2 Å². The van der Waals surface area contributed by atoms with Crippen molar-refractivity contribution in [2.75, 3.05) is 19.0 Å². The van der Waals surface area contributed by atoms with Crippen molar-refractivity contribution in [3.05, 3.63) is 77.6 Å².